The third-order valence-electron chi connectivity index (χ3n) is 1.27. The van der Waals surface area contributed by atoms with Crippen LogP contribution in [-0.2, 0) is 9.53 Å². The molecule has 1 atom stereocenters. The highest BCUT2D eigenvalue weighted by Crippen LogP contribution is 2.24. The second-order valence-corrected chi connectivity index (χ2v) is 2.32. The Morgan fingerprint density at radius 3 is 2.67 bits per heavy atom. The number of hydrogen-bond acceptors (Lipinski definition) is 2. The van der Waals surface area contributed by atoms with Crippen LogP contribution in [0.2, 0.25) is 0 Å². The molecule has 1 N–H and O–H groups in total. The lowest BCUT2D eigenvalue weighted by molar-refractivity contribution is -0.149. The van der Waals surface area contributed by atoms with E-state index in [-0.39, 0.29) is 6.10 Å². The van der Waals surface area contributed by atoms with E-state index in [1.807, 2.05) is 0 Å². The molecule has 1 rings (SSSR count). The first-order chi connectivity index (χ1) is 4.20. The third-order valence-corrected chi connectivity index (χ3v) is 1.27. The van der Waals surface area contributed by atoms with E-state index in [0.29, 0.717) is 0 Å². The number of aliphatic carboxylic acids is 1. The molecule has 0 aromatic rings. The summed E-state index contributed by atoms with van der Waals surface area (Å²) in [6, 6.07) is 0. The van der Waals surface area contributed by atoms with Crippen LogP contribution in [0.15, 0.2) is 0 Å². The summed E-state index contributed by atoms with van der Waals surface area (Å²) in [5.74, 6) is -0.873. The maximum atomic E-state index is 10.1. The molecule has 9 heavy (non-hydrogen) atoms. The maximum Gasteiger partial charge on any atom is 0.332 e. The standard InChI is InChI=1S/C6H10O3/c1-4(6(7)8)9-5-2-3-5/h4-5H,2-3H2,1H3,(H,7,8)/t4-/m0/s1. The van der Waals surface area contributed by atoms with Gasteiger partial charge in [0, 0.05) is 0 Å². The Morgan fingerprint density at radius 1 is 1.78 bits per heavy atom. The number of hydrogen-bond donors (Lipinski definition) is 1. The van der Waals surface area contributed by atoms with E-state index < -0.39 is 12.1 Å². The molecule has 0 radical (unpaired) electrons. The fourth-order valence-electron chi connectivity index (χ4n) is 0.551. The topological polar surface area (TPSA) is 46.5 Å². The zero-order chi connectivity index (χ0) is 6.85. The van der Waals surface area contributed by atoms with Crippen molar-refractivity contribution in [1.82, 2.24) is 0 Å². The molecule has 3 nitrogen and oxygen atoms in total. The Balaban J connectivity index is 2.16. The van der Waals surface area contributed by atoms with Crippen molar-refractivity contribution >= 4 is 5.97 Å². The SMILES string of the molecule is C[C@H](OC1CC1)C(=O)O. The molecule has 0 aromatic heterocycles. The first-order valence-electron chi connectivity index (χ1n) is 3.08. The molecule has 0 unspecified atom stereocenters. The Labute approximate surface area is 53.6 Å². The lowest BCUT2D eigenvalue weighted by Gasteiger charge is -2.04. The molecular formula is C6H10O3. The summed E-state index contributed by atoms with van der Waals surface area (Å²) in [4.78, 5) is 10.1. The van der Waals surface area contributed by atoms with Crippen LogP contribution in [0.5, 0.6) is 0 Å². The maximum absolute atomic E-state index is 10.1. The third kappa shape index (κ3) is 2.01. The van der Waals surface area contributed by atoms with Crippen LogP contribution >= 0.6 is 0 Å². The van der Waals surface area contributed by atoms with Crippen molar-refractivity contribution in [2.45, 2.75) is 32.0 Å². The van der Waals surface area contributed by atoms with Gasteiger partial charge in [-0.05, 0) is 19.8 Å². The Kier molecular flexibility index (Phi) is 1.71. The van der Waals surface area contributed by atoms with E-state index in [1.54, 1.807) is 6.92 Å². The fraction of sp³-hybridized carbons (Fsp3) is 0.833. The van der Waals surface area contributed by atoms with E-state index in [0.717, 1.165) is 12.8 Å². The Morgan fingerprint density at radius 2 is 2.33 bits per heavy atom. The molecule has 1 fully saturated rings. The van der Waals surface area contributed by atoms with Crippen molar-refractivity contribution < 1.29 is 14.6 Å². The van der Waals surface area contributed by atoms with Crippen LogP contribution in [0.3, 0.4) is 0 Å². The second-order valence-electron chi connectivity index (χ2n) is 2.32. The number of ether oxygens (including phenoxy) is 1. The predicted molar refractivity (Wildman–Crippen MR) is 31.2 cm³/mol. The van der Waals surface area contributed by atoms with Crippen molar-refractivity contribution in [2.75, 3.05) is 0 Å². The van der Waals surface area contributed by atoms with Crippen molar-refractivity contribution in [2.24, 2.45) is 0 Å². The van der Waals surface area contributed by atoms with Gasteiger partial charge in [0.2, 0.25) is 0 Å². The van der Waals surface area contributed by atoms with Gasteiger partial charge in [-0.3, -0.25) is 0 Å². The summed E-state index contributed by atoms with van der Waals surface area (Å²) in [5, 5.41) is 8.33. The average Bonchev–Trinajstić information content (AvgIpc) is 2.50. The lowest BCUT2D eigenvalue weighted by Crippen LogP contribution is -2.20. The first-order valence-corrected chi connectivity index (χ1v) is 3.08. The highest BCUT2D eigenvalue weighted by Gasteiger charge is 2.26. The van der Waals surface area contributed by atoms with Gasteiger partial charge in [-0.1, -0.05) is 0 Å². The minimum atomic E-state index is -0.873. The minimum Gasteiger partial charge on any atom is -0.479 e. The molecule has 0 aliphatic heterocycles. The lowest BCUT2D eigenvalue weighted by atomic mass is 10.4. The van der Waals surface area contributed by atoms with Crippen molar-refractivity contribution in [3.05, 3.63) is 0 Å². The van der Waals surface area contributed by atoms with Crippen molar-refractivity contribution in [1.29, 1.82) is 0 Å². The summed E-state index contributed by atoms with van der Waals surface area (Å²) in [7, 11) is 0. The van der Waals surface area contributed by atoms with Crippen LogP contribution in [0.4, 0.5) is 0 Å². The smallest absolute Gasteiger partial charge is 0.332 e. The van der Waals surface area contributed by atoms with Crippen LogP contribution in [0.1, 0.15) is 19.8 Å². The van der Waals surface area contributed by atoms with Crippen molar-refractivity contribution in [3.8, 4) is 0 Å². The average molecular weight is 130 g/mol. The van der Waals surface area contributed by atoms with Crippen LogP contribution in [0, 0.1) is 0 Å². The molecule has 3 heteroatoms. The number of carboxylic acid groups (broad SMARTS) is 1. The predicted octanol–water partition coefficient (Wildman–Crippen LogP) is 0.639. The molecule has 0 saturated heterocycles. The Bertz CT molecular complexity index is 117. The molecule has 1 saturated carbocycles. The quantitative estimate of drug-likeness (QED) is 0.609. The number of carbonyl (C=O) groups is 1. The Hall–Kier alpha value is -0.570. The summed E-state index contributed by atoms with van der Waals surface area (Å²) < 4.78 is 5.02. The normalized spacial score (nSPS) is 21.4. The van der Waals surface area contributed by atoms with Gasteiger partial charge in [0.05, 0.1) is 6.10 Å². The first kappa shape index (κ1) is 6.55. The van der Waals surface area contributed by atoms with Gasteiger partial charge >= 0.3 is 5.97 Å². The van der Waals surface area contributed by atoms with E-state index in [1.165, 1.54) is 0 Å². The van der Waals surface area contributed by atoms with E-state index in [9.17, 15) is 4.79 Å². The van der Waals surface area contributed by atoms with Gasteiger partial charge in [-0.2, -0.15) is 0 Å². The van der Waals surface area contributed by atoms with E-state index in [4.69, 9.17) is 9.84 Å². The second kappa shape index (κ2) is 2.35. The van der Waals surface area contributed by atoms with Gasteiger partial charge in [0.15, 0.2) is 6.10 Å². The van der Waals surface area contributed by atoms with Gasteiger partial charge < -0.3 is 9.84 Å². The largest absolute Gasteiger partial charge is 0.479 e. The fourth-order valence-corrected chi connectivity index (χ4v) is 0.551. The summed E-state index contributed by atoms with van der Waals surface area (Å²) >= 11 is 0. The zero-order valence-electron chi connectivity index (χ0n) is 5.33. The monoisotopic (exact) mass is 130 g/mol. The van der Waals surface area contributed by atoms with Gasteiger partial charge in [0.1, 0.15) is 0 Å². The highest BCUT2D eigenvalue weighted by atomic mass is 16.5. The van der Waals surface area contributed by atoms with E-state index >= 15 is 0 Å². The molecule has 0 amide bonds. The molecule has 1 aliphatic carbocycles. The molecule has 1 aliphatic rings. The summed E-state index contributed by atoms with van der Waals surface area (Å²) in [5.41, 5.74) is 0. The van der Waals surface area contributed by atoms with Crippen LogP contribution in [-0.4, -0.2) is 23.3 Å². The molecule has 0 bridgehead atoms. The number of rotatable bonds is 3. The van der Waals surface area contributed by atoms with Crippen LogP contribution in [0.25, 0.3) is 0 Å². The summed E-state index contributed by atoms with van der Waals surface area (Å²) in [6.07, 6.45) is 1.66. The van der Waals surface area contributed by atoms with E-state index in [2.05, 4.69) is 0 Å². The molecule has 0 aromatic carbocycles. The summed E-state index contributed by atoms with van der Waals surface area (Å²) in [6.45, 7) is 1.56. The van der Waals surface area contributed by atoms with Gasteiger partial charge in [-0.15, -0.1) is 0 Å². The number of carboxylic acids is 1. The molecular weight excluding hydrogens is 120 g/mol. The zero-order valence-corrected chi connectivity index (χ0v) is 5.33. The minimum absolute atomic E-state index is 0.232. The van der Waals surface area contributed by atoms with Gasteiger partial charge in [-0.25, -0.2) is 4.79 Å². The molecule has 52 valence electrons. The molecule has 0 spiro atoms. The highest BCUT2D eigenvalue weighted by molar-refractivity contribution is 5.71. The van der Waals surface area contributed by atoms with Crippen molar-refractivity contribution in [3.63, 3.8) is 0 Å². The van der Waals surface area contributed by atoms with Gasteiger partial charge in [0.25, 0.3) is 0 Å². The molecule has 0 heterocycles. The van der Waals surface area contributed by atoms with Crippen LogP contribution < -0.4 is 0 Å².